The fourth-order valence-corrected chi connectivity index (χ4v) is 4.49. The fraction of sp³-hybridized carbons (Fsp3) is 0.160. The average Bonchev–Trinajstić information content (AvgIpc) is 3.24. The lowest BCUT2D eigenvalue weighted by Crippen LogP contribution is -2.29. The molecule has 168 valence electrons. The Morgan fingerprint density at radius 2 is 1.82 bits per heavy atom. The maximum Gasteiger partial charge on any atom is 0.254 e. The number of rotatable bonds is 7. The second kappa shape index (κ2) is 10.2. The van der Waals surface area contributed by atoms with E-state index < -0.39 is 17.8 Å². The predicted octanol–water partition coefficient (Wildman–Crippen LogP) is 6.15. The number of nitrogens with one attached hydrogen (secondary N) is 1. The Morgan fingerprint density at radius 3 is 2.58 bits per heavy atom. The van der Waals surface area contributed by atoms with Gasteiger partial charge in [-0.2, -0.15) is 0 Å². The van der Waals surface area contributed by atoms with Crippen LogP contribution < -0.4 is 5.32 Å². The predicted molar refractivity (Wildman–Crippen MR) is 129 cm³/mol. The van der Waals surface area contributed by atoms with Crippen LogP contribution in [0.15, 0.2) is 78.0 Å². The van der Waals surface area contributed by atoms with Gasteiger partial charge in [0.15, 0.2) is 11.0 Å². The third kappa shape index (κ3) is 5.26. The van der Waals surface area contributed by atoms with Gasteiger partial charge in [0.1, 0.15) is 5.82 Å². The third-order valence-corrected chi connectivity index (χ3v) is 6.37. The van der Waals surface area contributed by atoms with Crippen LogP contribution in [0.1, 0.15) is 40.3 Å². The number of nitrogens with zero attached hydrogens (tertiary/aromatic N) is 3. The highest BCUT2D eigenvalue weighted by atomic mass is 35.5. The number of benzene rings is 3. The first-order chi connectivity index (χ1) is 15.9. The van der Waals surface area contributed by atoms with Crippen molar-refractivity contribution in [2.45, 2.75) is 30.8 Å². The topological polar surface area (TPSA) is 59.8 Å². The number of hydrogen-bond donors (Lipinski definition) is 1. The van der Waals surface area contributed by atoms with Crippen LogP contribution in [-0.4, -0.2) is 20.7 Å². The number of carbonyl (C=O) groups is 1. The summed E-state index contributed by atoms with van der Waals surface area (Å²) in [6.07, 6.45) is 0. The van der Waals surface area contributed by atoms with Gasteiger partial charge < -0.3 is 5.32 Å². The summed E-state index contributed by atoms with van der Waals surface area (Å²) in [5, 5.41) is 12.9. The highest BCUT2D eigenvalue weighted by molar-refractivity contribution is 7.98. The molecule has 0 radical (unpaired) electrons. The number of amides is 1. The van der Waals surface area contributed by atoms with Crippen molar-refractivity contribution in [3.05, 3.63) is 106 Å². The Balaban J connectivity index is 1.68. The van der Waals surface area contributed by atoms with Crippen LogP contribution in [0.4, 0.5) is 4.39 Å². The van der Waals surface area contributed by atoms with Gasteiger partial charge in [0.25, 0.3) is 5.91 Å². The largest absolute Gasteiger partial charge is 0.342 e. The molecule has 1 heterocycles. The van der Waals surface area contributed by atoms with E-state index >= 15 is 0 Å². The number of carbonyl (C=O) groups excluding carboxylic acids is 1. The van der Waals surface area contributed by atoms with Crippen LogP contribution in [0.3, 0.4) is 0 Å². The molecule has 0 aliphatic rings. The van der Waals surface area contributed by atoms with E-state index in [9.17, 15) is 9.18 Å². The molecule has 1 unspecified atom stereocenters. The monoisotopic (exact) mass is 480 g/mol. The maximum absolute atomic E-state index is 14.1. The summed E-state index contributed by atoms with van der Waals surface area (Å²) >= 11 is 7.84. The van der Waals surface area contributed by atoms with Crippen LogP contribution in [-0.2, 0) is 5.75 Å². The van der Waals surface area contributed by atoms with Crippen molar-refractivity contribution in [2.75, 3.05) is 0 Å². The molecule has 0 spiro atoms. The molecule has 1 aromatic heterocycles. The molecule has 5 nitrogen and oxygen atoms in total. The molecular weight excluding hydrogens is 459 g/mol. The molecule has 4 rings (SSSR count). The average molecular weight is 481 g/mol. The van der Waals surface area contributed by atoms with Gasteiger partial charge in [0.2, 0.25) is 0 Å². The van der Waals surface area contributed by atoms with Gasteiger partial charge in [0, 0.05) is 10.8 Å². The van der Waals surface area contributed by atoms with Crippen molar-refractivity contribution in [1.29, 1.82) is 0 Å². The second-order valence-corrected chi connectivity index (χ2v) is 8.94. The van der Waals surface area contributed by atoms with Gasteiger partial charge in [-0.05, 0) is 49.2 Å². The second-order valence-electron chi connectivity index (χ2n) is 7.56. The number of hydrogen-bond acceptors (Lipinski definition) is 4. The molecule has 4 aromatic rings. The molecule has 0 bridgehead atoms. The van der Waals surface area contributed by atoms with Crippen molar-refractivity contribution in [3.8, 4) is 5.69 Å². The number of aromatic nitrogens is 3. The SMILES string of the molecule is Cc1ccc(Cl)cc1-n1c(SCc2ccccc2)nnc1C(C)NC(=O)c1ccccc1F. The molecule has 0 aliphatic heterocycles. The smallest absolute Gasteiger partial charge is 0.254 e. The first-order valence-electron chi connectivity index (χ1n) is 10.4. The Labute approximate surface area is 201 Å². The maximum atomic E-state index is 14.1. The first kappa shape index (κ1) is 23.0. The van der Waals surface area contributed by atoms with Gasteiger partial charge in [-0.15, -0.1) is 10.2 Å². The van der Waals surface area contributed by atoms with E-state index in [4.69, 9.17) is 11.6 Å². The van der Waals surface area contributed by atoms with Gasteiger partial charge in [0.05, 0.1) is 17.3 Å². The highest BCUT2D eigenvalue weighted by Crippen LogP contribution is 2.30. The fourth-order valence-electron chi connectivity index (χ4n) is 3.41. The van der Waals surface area contributed by atoms with Crippen molar-refractivity contribution in [3.63, 3.8) is 0 Å². The van der Waals surface area contributed by atoms with E-state index in [0.29, 0.717) is 21.8 Å². The molecule has 33 heavy (non-hydrogen) atoms. The lowest BCUT2D eigenvalue weighted by atomic mass is 10.1. The molecule has 1 N–H and O–H groups in total. The minimum Gasteiger partial charge on any atom is -0.342 e. The van der Waals surface area contributed by atoms with Gasteiger partial charge in [-0.1, -0.05) is 71.9 Å². The normalized spacial score (nSPS) is 11.9. The standard InChI is InChI=1S/C25H22ClFN4OS/c1-16-12-13-19(26)14-22(16)31-23(17(2)28-24(32)20-10-6-7-11-21(20)27)29-30-25(31)33-15-18-8-4-3-5-9-18/h3-14,17H,15H2,1-2H3,(H,28,32). The molecular formula is C25H22ClFN4OS. The van der Waals surface area contributed by atoms with Crippen LogP contribution in [0, 0.1) is 12.7 Å². The summed E-state index contributed by atoms with van der Waals surface area (Å²) in [6, 6.07) is 21.0. The molecule has 0 fully saturated rings. The molecule has 0 saturated heterocycles. The van der Waals surface area contributed by atoms with Crippen LogP contribution in [0.2, 0.25) is 5.02 Å². The quantitative estimate of drug-likeness (QED) is 0.322. The summed E-state index contributed by atoms with van der Waals surface area (Å²) < 4.78 is 16.0. The minimum atomic E-state index is -0.576. The summed E-state index contributed by atoms with van der Waals surface area (Å²) in [5.74, 6) is 0.139. The summed E-state index contributed by atoms with van der Waals surface area (Å²) in [5.41, 5.74) is 2.94. The van der Waals surface area contributed by atoms with E-state index in [0.717, 1.165) is 16.8 Å². The van der Waals surface area contributed by atoms with Crippen molar-refractivity contribution < 1.29 is 9.18 Å². The van der Waals surface area contributed by atoms with Crippen LogP contribution in [0.25, 0.3) is 5.69 Å². The minimum absolute atomic E-state index is 0.0203. The van der Waals surface area contributed by atoms with Crippen molar-refractivity contribution in [1.82, 2.24) is 20.1 Å². The van der Waals surface area contributed by atoms with Crippen LogP contribution in [0.5, 0.6) is 0 Å². The number of aryl methyl sites for hydroxylation is 1. The van der Waals surface area contributed by atoms with Crippen molar-refractivity contribution in [2.24, 2.45) is 0 Å². The van der Waals surface area contributed by atoms with E-state index in [2.05, 4.69) is 27.6 Å². The highest BCUT2D eigenvalue weighted by Gasteiger charge is 2.23. The third-order valence-electron chi connectivity index (χ3n) is 5.13. The molecule has 1 amide bonds. The Hall–Kier alpha value is -3.16. The lowest BCUT2D eigenvalue weighted by molar-refractivity contribution is 0.0934. The summed E-state index contributed by atoms with van der Waals surface area (Å²) in [7, 11) is 0. The Kier molecular flexibility index (Phi) is 7.11. The lowest BCUT2D eigenvalue weighted by Gasteiger charge is -2.18. The van der Waals surface area contributed by atoms with Gasteiger partial charge in [-0.3, -0.25) is 9.36 Å². The van der Waals surface area contributed by atoms with E-state index in [1.54, 1.807) is 19.1 Å². The Bertz CT molecular complexity index is 1280. The molecule has 8 heteroatoms. The van der Waals surface area contributed by atoms with Gasteiger partial charge >= 0.3 is 0 Å². The molecule has 3 aromatic carbocycles. The van der Waals surface area contributed by atoms with Crippen LogP contribution >= 0.6 is 23.4 Å². The molecule has 1 atom stereocenters. The Morgan fingerprint density at radius 1 is 1.09 bits per heavy atom. The first-order valence-corrected chi connectivity index (χ1v) is 11.7. The van der Waals surface area contributed by atoms with Gasteiger partial charge in [-0.25, -0.2) is 4.39 Å². The number of thioether (sulfide) groups is 1. The van der Waals surface area contributed by atoms with E-state index in [1.165, 1.54) is 23.9 Å². The zero-order valence-electron chi connectivity index (χ0n) is 18.1. The number of halogens is 2. The molecule has 0 aliphatic carbocycles. The zero-order valence-corrected chi connectivity index (χ0v) is 19.7. The zero-order chi connectivity index (χ0) is 23.4. The summed E-state index contributed by atoms with van der Waals surface area (Å²) in [4.78, 5) is 12.7. The van der Waals surface area contributed by atoms with E-state index in [1.807, 2.05) is 47.9 Å². The molecule has 0 saturated carbocycles. The van der Waals surface area contributed by atoms with E-state index in [-0.39, 0.29) is 5.56 Å². The van der Waals surface area contributed by atoms with Crippen molar-refractivity contribution >= 4 is 29.3 Å². The summed E-state index contributed by atoms with van der Waals surface area (Å²) in [6.45, 7) is 3.77.